The molecule has 16 heavy (non-hydrogen) atoms. The molecule has 0 fully saturated rings. The van der Waals surface area contributed by atoms with Crippen LogP contribution in [-0.4, -0.2) is 11.4 Å². The summed E-state index contributed by atoms with van der Waals surface area (Å²) in [4.78, 5) is 11.2. The van der Waals surface area contributed by atoms with Gasteiger partial charge in [0.25, 0.3) is 0 Å². The van der Waals surface area contributed by atoms with E-state index in [1.807, 2.05) is 22.9 Å². The topological polar surface area (TPSA) is 37.3 Å². The molecule has 0 aliphatic rings. The first kappa shape index (κ1) is 9.96. The van der Waals surface area contributed by atoms with E-state index in [9.17, 15) is 9.90 Å². The molecule has 80 valence electrons. The van der Waals surface area contributed by atoms with E-state index in [4.69, 9.17) is 0 Å². The normalized spacial score (nSPS) is 11.3. The molecule has 0 saturated carbocycles. The van der Waals surface area contributed by atoms with E-state index in [-0.39, 0.29) is 6.61 Å². The van der Waals surface area contributed by atoms with Crippen molar-refractivity contribution < 1.29 is 9.90 Å². The number of carbonyl (C=O) groups excluding carboxylic acids is 1. The van der Waals surface area contributed by atoms with Gasteiger partial charge in [0.15, 0.2) is 6.29 Å². The van der Waals surface area contributed by atoms with Crippen molar-refractivity contribution in [2.24, 2.45) is 0 Å². The van der Waals surface area contributed by atoms with Crippen molar-refractivity contribution in [3.63, 3.8) is 0 Å². The summed E-state index contributed by atoms with van der Waals surface area (Å²) in [7, 11) is 0. The molecule has 4 heteroatoms. The van der Waals surface area contributed by atoms with Crippen LogP contribution < -0.4 is 0 Å². The summed E-state index contributed by atoms with van der Waals surface area (Å²) in [5, 5.41) is 15.3. The van der Waals surface area contributed by atoms with Crippen LogP contribution in [-0.2, 0) is 6.61 Å². The van der Waals surface area contributed by atoms with Crippen LogP contribution in [0, 0.1) is 0 Å². The number of aliphatic hydroxyl groups excluding tert-OH is 1. The van der Waals surface area contributed by atoms with Crippen molar-refractivity contribution in [3.8, 4) is 0 Å². The molecule has 0 spiro atoms. The Kier molecular flexibility index (Phi) is 2.28. The Balaban J connectivity index is 2.64. The molecule has 0 unspecified atom stereocenters. The zero-order valence-electron chi connectivity index (χ0n) is 8.27. The molecule has 0 saturated heterocycles. The largest absolute Gasteiger partial charge is 0.392 e. The Hall–Kier alpha value is -1.23. The van der Waals surface area contributed by atoms with Gasteiger partial charge >= 0.3 is 0 Å². The first-order chi connectivity index (χ1) is 7.86. The van der Waals surface area contributed by atoms with E-state index in [1.54, 1.807) is 22.7 Å². The Bertz CT molecular complexity index is 627. The maximum Gasteiger partial charge on any atom is 0.152 e. The minimum atomic E-state index is 0.0172. The minimum absolute atomic E-state index is 0.0172. The van der Waals surface area contributed by atoms with Gasteiger partial charge in [-0.25, -0.2) is 0 Å². The van der Waals surface area contributed by atoms with Gasteiger partial charge in [0.05, 0.1) is 6.61 Å². The Morgan fingerprint density at radius 2 is 1.81 bits per heavy atom. The molecule has 2 aromatic heterocycles. The summed E-state index contributed by atoms with van der Waals surface area (Å²) in [5.41, 5.74) is 1.69. The zero-order chi connectivity index (χ0) is 11.1. The Morgan fingerprint density at radius 1 is 1.12 bits per heavy atom. The smallest absolute Gasteiger partial charge is 0.152 e. The van der Waals surface area contributed by atoms with Gasteiger partial charge in [-0.05, 0) is 22.9 Å². The second kappa shape index (κ2) is 3.66. The fourth-order valence-corrected chi connectivity index (χ4v) is 3.93. The molecule has 0 bridgehead atoms. The summed E-state index contributed by atoms with van der Waals surface area (Å²) in [6, 6.07) is 3.92. The van der Waals surface area contributed by atoms with E-state index >= 15 is 0 Å². The second-order valence-electron chi connectivity index (χ2n) is 3.49. The lowest BCUT2D eigenvalue weighted by molar-refractivity contribution is 0.112. The number of aliphatic hydroxyl groups is 1. The van der Waals surface area contributed by atoms with Crippen molar-refractivity contribution in [1.82, 2.24) is 0 Å². The molecule has 2 heterocycles. The average molecular weight is 248 g/mol. The number of hydrogen-bond acceptors (Lipinski definition) is 4. The summed E-state index contributed by atoms with van der Waals surface area (Å²) in [5.74, 6) is 0. The van der Waals surface area contributed by atoms with Gasteiger partial charge < -0.3 is 5.11 Å². The molecule has 0 amide bonds. The molecule has 2 nitrogen and oxygen atoms in total. The molecule has 0 radical (unpaired) electrons. The van der Waals surface area contributed by atoms with Crippen LogP contribution in [0.3, 0.4) is 0 Å². The van der Waals surface area contributed by atoms with Gasteiger partial charge in [0.2, 0.25) is 0 Å². The number of aldehydes is 1. The lowest BCUT2D eigenvalue weighted by Crippen LogP contribution is -1.89. The van der Waals surface area contributed by atoms with Crippen molar-refractivity contribution >= 4 is 49.1 Å². The highest BCUT2D eigenvalue weighted by atomic mass is 32.1. The van der Waals surface area contributed by atoms with Crippen LogP contribution in [0.4, 0.5) is 0 Å². The molecule has 3 rings (SSSR count). The van der Waals surface area contributed by atoms with Crippen LogP contribution in [0.2, 0.25) is 0 Å². The lowest BCUT2D eigenvalue weighted by Gasteiger charge is -2.04. The van der Waals surface area contributed by atoms with Crippen LogP contribution in [0.5, 0.6) is 0 Å². The first-order valence-electron chi connectivity index (χ1n) is 4.82. The third-order valence-corrected chi connectivity index (χ3v) is 4.66. The van der Waals surface area contributed by atoms with Crippen molar-refractivity contribution in [1.29, 1.82) is 0 Å². The Labute approximate surface area is 99.8 Å². The van der Waals surface area contributed by atoms with Gasteiger partial charge in [-0.2, -0.15) is 0 Å². The van der Waals surface area contributed by atoms with E-state index in [0.717, 1.165) is 37.6 Å². The van der Waals surface area contributed by atoms with Crippen molar-refractivity contribution in [2.75, 3.05) is 0 Å². The number of fused-ring (bicyclic) bond motifs is 2. The molecular formula is C12H8O2S2. The van der Waals surface area contributed by atoms with Crippen LogP contribution in [0.15, 0.2) is 22.9 Å². The summed E-state index contributed by atoms with van der Waals surface area (Å²) in [6.07, 6.45) is 0.912. The minimum Gasteiger partial charge on any atom is -0.392 e. The third-order valence-electron chi connectivity index (χ3n) is 2.74. The molecule has 0 atom stereocenters. The average Bonchev–Trinajstić information content (AvgIpc) is 2.93. The highest BCUT2D eigenvalue weighted by Crippen LogP contribution is 2.37. The predicted octanol–water partition coefficient (Wildman–Crippen LogP) is 3.42. The second-order valence-corrected chi connectivity index (χ2v) is 5.33. The number of hydrogen-bond donors (Lipinski definition) is 1. The fraction of sp³-hybridized carbons (Fsp3) is 0.0833. The van der Waals surface area contributed by atoms with E-state index in [0.29, 0.717) is 0 Å². The number of thiophene rings is 2. The maximum atomic E-state index is 11.2. The van der Waals surface area contributed by atoms with E-state index in [2.05, 4.69) is 0 Å². The molecule has 0 aliphatic carbocycles. The van der Waals surface area contributed by atoms with Crippen LogP contribution in [0.1, 0.15) is 15.9 Å². The van der Waals surface area contributed by atoms with Gasteiger partial charge in [-0.1, -0.05) is 0 Å². The predicted molar refractivity (Wildman–Crippen MR) is 68.5 cm³/mol. The summed E-state index contributed by atoms with van der Waals surface area (Å²) < 4.78 is 2.00. The van der Waals surface area contributed by atoms with Crippen molar-refractivity contribution in [2.45, 2.75) is 6.61 Å². The third kappa shape index (κ3) is 1.18. The van der Waals surface area contributed by atoms with Crippen LogP contribution in [0.25, 0.3) is 20.2 Å². The molecule has 3 aromatic rings. The number of benzene rings is 1. The van der Waals surface area contributed by atoms with Gasteiger partial charge in [-0.3, -0.25) is 4.79 Å². The molecular weight excluding hydrogens is 240 g/mol. The first-order valence-corrected chi connectivity index (χ1v) is 6.58. The zero-order valence-corrected chi connectivity index (χ0v) is 9.90. The SMILES string of the molecule is O=Cc1c2ccsc2c(CO)c2ccsc12. The molecule has 0 aliphatic heterocycles. The highest BCUT2D eigenvalue weighted by molar-refractivity contribution is 7.19. The maximum absolute atomic E-state index is 11.2. The van der Waals surface area contributed by atoms with Gasteiger partial charge in [-0.15, -0.1) is 22.7 Å². The molecule has 1 aromatic carbocycles. The molecule has 1 N–H and O–H groups in total. The van der Waals surface area contributed by atoms with E-state index < -0.39 is 0 Å². The monoisotopic (exact) mass is 248 g/mol. The lowest BCUT2D eigenvalue weighted by atomic mass is 10.0. The standard InChI is InChI=1S/C12H8O2S2/c13-5-9-7-1-3-15-11(7)10(6-14)8-2-4-16-12(8)9/h1-5,14H,6H2. The van der Waals surface area contributed by atoms with Crippen molar-refractivity contribution in [3.05, 3.63) is 34.0 Å². The van der Waals surface area contributed by atoms with Gasteiger partial charge in [0.1, 0.15) is 0 Å². The van der Waals surface area contributed by atoms with Crippen LogP contribution >= 0.6 is 22.7 Å². The highest BCUT2D eigenvalue weighted by Gasteiger charge is 2.14. The van der Waals surface area contributed by atoms with Gasteiger partial charge in [0, 0.05) is 31.3 Å². The number of rotatable bonds is 2. The summed E-state index contributed by atoms with van der Waals surface area (Å²) >= 11 is 3.12. The summed E-state index contributed by atoms with van der Waals surface area (Å²) in [6.45, 7) is 0.0172. The Morgan fingerprint density at radius 3 is 2.50 bits per heavy atom. The number of carbonyl (C=O) groups is 1. The fourth-order valence-electron chi connectivity index (χ4n) is 2.03. The quantitative estimate of drug-likeness (QED) is 0.705. The van der Waals surface area contributed by atoms with E-state index in [1.165, 1.54) is 0 Å².